The van der Waals surface area contributed by atoms with Crippen molar-refractivity contribution in [2.45, 2.75) is 31.6 Å². The Labute approximate surface area is 121 Å². The summed E-state index contributed by atoms with van der Waals surface area (Å²) >= 11 is 5.41. The van der Waals surface area contributed by atoms with E-state index in [2.05, 4.69) is 0 Å². The molecule has 0 saturated heterocycles. The van der Waals surface area contributed by atoms with Gasteiger partial charge in [-0.2, -0.15) is 0 Å². The van der Waals surface area contributed by atoms with Crippen LogP contribution in [-0.2, 0) is 4.79 Å². The first kappa shape index (κ1) is 15.6. The monoisotopic (exact) mass is 214 g/mol. The summed E-state index contributed by atoms with van der Waals surface area (Å²) in [4.78, 5) is 10.1. The fourth-order valence-corrected chi connectivity index (χ4v) is 0.854. The summed E-state index contributed by atoms with van der Waals surface area (Å²) in [5.74, 6) is -1.17. The summed E-state index contributed by atoms with van der Waals surface area (Å²) in [5, 5.41) is 9.27. The van der Waals surface area contributed by atoms with E-state index in [4.69, 9.17) is 11.6 Å². The zero-order valence-electron chi connectivity index (χ0n) is 7.55. The molecule has 0 aliphatic carbocycles. The SMILES string of the molecule is C/C=C/CCCC(Cl)C(=O)[O-].[K+]. The average molecular weight is 215 g/mol. The molecule has 0 aromatic rings. The minimum Gasteiger partial charge on any atom is -0.549 e. The van der Waals surface area contributed by atoms with E-state index in [0.29, 0.717) is 6.42 Å². The van der Waals surface area contributed by atoms with Crippen LogP contribution in [0.2, 0.25) is 0 Å². The Morgan fingerprint density at radius 2 is 2.25 bits per heavy atom. The second-order valence-corrected chi connectivity index (χ2v) is 2.81. The third kappa shape index (κ3) is 9.23. The maximum atomic E-state index is 10.1. The summed E-state index contributed by atoms with van der Waals surface area (Å²) in [6.45, 7) is 1.93. The first-order chi connectivity index (χ1) is 5.18. The zero-order valence-corrected chi connectivity index (χ0v) is 11.4. The van der Waals surface area contributed by atoms with Gasteiger partial charge in [0.2, 0.25) is 0 Å². The van der Waals surface area contributed by atoms with Crippen LogP contribution >= 0.6 is 11.6 Å². The van der Waals surface area contributed by atoms with Crippen molar-refractivity contribution < 1.29 is 61.3 Å². The molecule has 0 amide bonds. The van der Waals surface area contributed by atoms with Crippen LogP contribution in [0.4, 0.5) is 0 Å². The van der Waals surface area contributed by atoms with Gasteiger partial charge in [0.25, 0.3) is 0 Å². The molecule has 0 rings (SSSR count). The Morgan fingerprint density at radius 1 is 1.67 bits per heavy atom. The van der Waals surface area contributed by atoms with Gasteiger partial charge in [-0.1, -0.05) is 12.2 Å². The molecule has 0 saturated carbocycles. The van der Waals surface area contributed by atoms with Crippen LogP contribution < -0.4 is 56.5 Å². The number of aliphatic carboxylic acids is 1. The van der Waals surface area contributed by atoms with Gasteiger partial charge in [-0.3, -0.25) is 0 Å². The van der Waals surface area contributed by atoms with Crippen molar-refractivity contribution in [2.75, 3.05) is 0 Å². The Bertz CT molecular complexity index is 148. The summed E-state index contributed by atoms with van der Waals surface area (Å²) < 4.78 is 0. The number of hydrogen-bond acceptors (Lipinski definition) is 2. The molecule has 0 fully saturated rings. The number of carboxylic acid groups (broad SMARTS) is 1. The van der Waals surface area contributed by atoms with Gasteiger partial charge in [0.15, 0.2) is 0 Å². The van der Waals surface area contributed by atoms with E-state index in [1.54, 1.807) is 0 Å². The molecule has 1 atom stereocenters. The second-order valence-electron chi connectivity index (χ2n) is 2.29. The summed E-state index contributed by atoms with van der Waals surface area (Å²) in [6, 6.07) is 0. The van der Waals surface area contributed by atoms with E-state index in [-0.39, 0.29) is 51.4 Å². The predicted molar refractivity (Wildman–Crippen MR) is 43.3 cm³/mol. The van der Waals surface area contributed by atoms with E-state index < -0.39 is 11.3 Å². The summed E-state index contributed by atoms with van der Waals surface area (Å²) in [7, 11) is 0. The van der Waals surface area contributed by atoms with Crippen molar-refractivity contribution >= 4 is 17.6 Å². The Morgan fingerprint density at radius 3 is 2.67 bits per heavy atom. The van der Waals surface area contributed by atoms with Gasteiger partial charge in [-0.05, 0) is 26.2 Å². The standard InChI is InChI=1S/C8H13ClO2.K/c1-2-3-4-5-6-7(9)8(10)11;/h2-3,7H,4-6H2,1H3,(H,10,11);/q;+1/p-1/b3-2+;. The number of carboxylic acids is 1. The van der Waals surface area contributed by atoms with E-state index in [1.807, 2.05) is 19.1 Å². The third-order valence-electron chi connectivity index (χ3n) is 1.32. The predicted octanol–water partition coefficient (Wildman–Crippen LogP) is -1.91. The molecular formula is C8H12ClKO2. The molecule has 0 aromatic heterocycles. The molecule has 0 aliphatic heterocycles. The number of halogens is 1. The number of carbonyl (C=O) groups is 1. The zero-order chi connectivity index (χ0) is 8.69. The number of alkyl halides is 1. The van der Waals surface area contributed by atoms with Crippen LogP contribution in [0.5, 0.6) is 0 Å². The van der Waals surface area contributed by atoms with Crippen LogP contribution in [0.3, 0.4) is 0 Å². The minimum absolute atomic E-state index is 0. The number of rotatable bonds is 5. The normalized spacial score (nSPS) is 12.5. The van der Waals surface area contributed by atoms with Crippen molar-refractivity contribution in [3.63, 3.8) is 0 Å². The van der Waals surface area contributed by atoms with Crippen molar-refractivity contribution in [1.82, 2.24) is 0 Å². The molecule has 64 valence electrons. The topological polar surface area (TPSA) is 40.1 Å². The van der Waals surface area contributed by atoms with Gasteiger partial charge in [0.1, 0.15) is 0 Å². The molecule has 0 aromatic carbocycles. The second kappa shape index (κ2) is 10.2. The summed E-state index contributed by atoms with van der Waals surface area (Å²) in [6.07, 6.45) is 6.08. The number of carbonyl (C=O) groups excluding carboxylic acids is 1. The fraction of sp³-hybridized carbons (Fsp3) is 0.625. The van der Waals surface area contributed by atoms with E-state index in [9.17, 15) is 9.90 Å². The Kier molecular flexibility index (Phi) is 13.3. The average Bonchev–Trinajstić information content (AvgIpc) is 1.97. The van der Waals surface area contributed by atoms with Crippen molar-refractivity contribution in [2.24, 2.45) is 0 Å². The van der Waals surface area contributed by atoms with Gasteiger partial charge in [-0.25, -0.2) is 0 Å². The third-order valence-corrected chi connectivity index (χ3v) is 1.72. The van der Waals surface area contributed by atoms with Gasteiger partial charge in [0.05, 0.1) is 11.3 Å². The molecule has 0 spiro atoms. The molecule has 4 heteroatoms. The van der Waals surface area contributed by atoms with Crippen LogP contribution in [0, 0.1) is 0 Å². The van der Waals surface area contributed by atoms with Gasteiger partial charge >= 0.3 is 51.4 Å². The number of allylic oxidation sites excluding steroid dienone is 2. The molecule has 2 nitrogen and oxygen atoms in total. The molecule has 12 heavy (non-hydrogen) atoms. The fourth-order valence-electron chi connectivity index (χ4n) is 0.699. The van der Waals surface area contributed by atoms with Gasteiger partial charge in [0, 0.05) is 0 Å². The number of unbranched alkanes of at least 4 members (excludes halogenated alkanes) is 1. The van der Waals surface area contributed by atoms with Crippen molar-refractivity contribution in [1.29, 1.82) is 0 Å². The van der Waals surface area contributed by atoms with Crippen molar-refractivity contribution in [3.05, 3.63) is 12.2 Å². The van der Waals surface area contributed by atoms with Crippen molar-refractivity contribution in [3.8, 4) is 0 Å². The van der Waals surface area contributed by atoms with E-state index in [1.165, 1.54) is 0 Å². The molecule has 0 radical (unpaired) electrons. The first-order valence-corrected chi connectivity index (χ1v) is 4.08. The maximum absolute atomic E-state index is 10.1. The van der Waals surface area contributed by atoms with E-state index in [0.717, 1.165) is 12.8 Å². The van der Waals surface area contributed by atoms with Crippen LogP contribution in [0.1, 0.15) is 26.2 Å². The van der Waals surface area contributed by atoms with Crippen LogP contribution in [0.25, 0.3) is 0 Å². The minimum atomic E-state index is -1.17. The van der Waals surface area contributed by atoms with Crippen LogP contribution in [0.15, 0.2) is 12.2 Å². The molecule has 0 bridgehead atoms. The molecule has 0 aliphatic rings. The molecule has 1 unspecified atom stereocenters. The summed E-state index contributed by atoms with van der Waals surface area (Å²) in [5.41, 5.74) is 0. The Balaban J connectivity index is 0. The maximum Gasteiger partial charge on any atom is 1.00 e. The Hall–Kier alpha value is 1.14. The van der Waals surface area contributed by atoms with Gasteiger partial charge in [-0.15, -0.1) is 11.6 Å². The largest absolute Gasteiger partial charge is 1.00 e. The first-order valence-electron chi connectivity index (χ1n) is 3.64. The smallest absolute Gasteiger partial charge is 0.549 e. The van der Waals surface area contributed by atoms with Gasteiger partial charge < -0.3 is 9.90 Å². The molecule has 0 heterocycles. The molecular weight excluding hydrogens is 203 g/mol. The number of hydrogen-bond donors (Lipinski definition) is 0. The van der Waals surface area contributed by atoms with E-state index >= 15 is 0 Å². The van der Waals surface area contributed by atoms with Crippen LogP contribution in [-0.4, -0.2) is 11.3 Å². The quantitative estimate of drug-likeness (QED) is 0.232. The molecule has 0 N–H and O–H groups in total.